The summed E-state index contributed by atoms with van der Waals surface area (Å²) in [4.78, 5) is 12.9. The number of nitrogens with one attached hydrogen (secondary N) is 1. The molecule has 0 aliphatic rings. The van der Waals surface area contributed by atoms with Gasteiger partial charge in [-0.1, -0.05) is 18.2 Å². The molecule has 0 bridgehead atoms. The highest BCUT2D eigenvalue weighted by molar-refractivity contribution is 9.11. The predicted molar refractivity (Wildman–Crippen MR) is 74.7 cm³/mol. The monoisotopic (exact) mass is 309 g/mol. The average molecular weight is 310 g/mol. The maximum absolute atomic E-state index is 12.2. The number of ketones is 1. The second kappa shape index (κ2) is 5.58. The van der Waals surface area contributed by atoms with E-state index in [1.807, 2.05) is 43.4 Å². The molecular weight excluding hydrogens is 298 g/mol. The summed E-state index contributed by atoms with van der Waals surface area (Å²) in [7, 11) is 1.89. The average Bonchev–Trinajstić information content (AvgIpc) is 2.76. The molecule has 4 heteroatoms. The van der Waals surface area contributed by atoms with Crippen LogP contribution in [-0.2, 0) is 6.54 Å². The Balaban J connectivity index is 2.27. The molecule has 2 aromatic rings. The molecule has 0 aliphatic heterocycles. The minimum Gasteiger partial charge on any atom is -0.316 e. The van der Waals surface area contributed by atoms with E-state index in [-0.39, 0.29) is 5.78 Å². The number of rotatable bonds is 4. The van der Waals surface area contributed by atoms with Crippen molar-refractivity contribution in [3.05, 3.63) is 56.2 Å². The summed E-state index contributed by atoms with van der Waals surface area (Å²) in [6.07, 6.45) is 0. The van der Waals surface area contributed by atoms with Crippen LogP contribution in [0.5, 0.6) is 0 Å². The Morgan fingerprint density at radius 2 is 2.18 bits per heavy atom. The second-order valence-electron chi connectivity index (χ2n) is 3.66. The normalized spacial score (nSPS) is 10.5. The van der Waals surface area contributed by atoms with Gasteiger partial charge in [-0.15, -0.1) is 11.3 Å². The second-order valence-corrected chi connectivity index (χ2v) is 6.13. The van der Waals surface area contributed by atoms with Crippen LogP contribution in [0.3, 0.4) is 0 Å². The van der Waals surface area contributed by atoms with E-state index in [0.29, 0.717) is 0 Å². The first kappa shape index (κ1) is 12.5. The molecule has 0 unspecified atom stereocenters. The number of thiophene rings is 1. The van der Waals surface area contributed by atoms with Crippen molar-refractivity contribution in [3.63, 3.8) is 0 Å². The zero-order valence-corrected chi connectivity index (χ0v) is 11.8. The third-order valence-electron chi connectivity index (χ3n) is 2.37. The molecule has 0 fully saturated rings. The van der Waals surface area contributed by atoms with E-state index >= 15 is 0 Å². The van der Waals surface area contributed by atoms with Crippen LogP contribution in [0.2, 0.25) is 0 Å². The van der Waals surface area contributed by atoms with Crippen molar-refractivity contribution >= 4 is 33.0 Å². The van der Waals surface area contributed by atoms with Crippen LogP contribution in [-0.4, -0.2) is 12.8 Å². The smallest absolute Gasteiger partial charge is 0.202 e. The number of benzene rings is 1. The molecule has 1 N–H and O–H groups in total. The van der Waals surface area contributed by atoms with Gasteiger partial charge >= 0.3 is 0 Å². The maximum Gasteiger partial charge on any atom is 0.202 e. The number of carbonyl (C=O) groups excluding carboxylic acids is 1. The third-order valence-corrected chi connectivity index (χ3v) is 3.99. The lowest BCUT2D eigenvalue weighted by Gasteiger charge is -2.03. The lowest BCUT2D eigenvalue weighted by molar-refractivity contribution is 0.104. The SMILES string of the molecule is CNCc1cccc(C(=O)c2ccc(Br)s2)c1. The molecule has 1 aromatic heterocycles. The Bertz CT molecular complexity index is 536. The molecule has 17 heavy (non-hydrogen) atoms. The largest absolute Gasteiger partial charge is 0.316 e. The summed E-state index contributed by atoms with van der Waals surface area (Å²) in [6, 6.07) is 11.5. The maximum atomic E-state index is 12.2. The van der Waals surface area contributed by atoms with Crippen molar-refractivity contribution in [3.8, 4) is 0 Å². The zero-order chi connectivity index (χ0) is 12.3. The predicted octanol–water partition coefficient (Wildman–Crippen LogP) is 3.46. The van der Waals surface area contributed by atoms with Gasteiger partial charge < -0.3 is 5.32 Å². The number of halogens is 1. The molecule has 1 aromatic carbocycles. The zero-order valence-electron chi connectivity index (χ0n) is 9.37. The van der Waals surface area contributed by atoms with Gasteiger partial charge in [-0.25, -0.2) is 0 Å². The highest BCUT2D eigenvalue weighted by atomic mass is 79.9. The van der Waals surface area contributed by atoms with Crippen LogP contribution >= 0.6 is 27.3 Å². The van der Waals surface area contributed by atoms with E-state index in [9.17, 15) is 4.79 Å². The molecule has 1 heterocycles. The van der Waals surface area contributed by atoms with E-state index in [1.165, 1.54) is 11.3 Å². The van der Waals surface area contributed by atoms with Crippen molar-refractivity contribution in [2.45, 2.75) is 6.54 Å². The lowest BCUT2D eigenvalue weighted by Crippen LogP contribution is -2.06. The quantitative estimate of drug-likeness (QED) is 0.876. The molecule has 0 aliphatic carbocycles. The first-order chi connectivity index (χ1) is 8.20. The van der Waals surface area contributed by atoms with Crippen LogP contribution in [0, 0.1) is 0 Å². The molecule has 0 saturated heterocycles. The van der Waals surface area contributed by atoms with Gasteiger partial charge in [0.25, 0.3) is 0 Å². The van der Waals surface area contributed by atoms with Crippen molar-refractivity contribution in [1.82, 2.24) is 5.32 Å². The number of hydrogen-bond acceptors (Lipinski definition) is 3. The Hall–Kier alpha value is -0.970. The van der Waals surface area contributed by atoms with Crippen molar-refractivity contribution < 1.29 is 4.79 Å². The Morgan fingerprint density at radius 3 is 2.82 bits per heavy atom. The van der Waals surface area contributed by atoms with Crippen LogP contribution in [0.4, 0.5) is 0 Å². The van der Waals surface area contributed by atoms with Crippen molar-refractivity contribution in [1.29, 1.82) is 0 Å². The Morgan fingerprint density at radius 1 is 1.35 bits per heavy atom. The summed E-state index contributed by atoms with van der Waals surface area (Å²) >= 11 is 4.83. The fourth-order valence-electron chi connectivity index (χ4n) is 1.61. The first-order valence-corrected chi connectivity index (χ1v) is 6.85. The van der Waals surface area contributed by atoms with Gasteiger partial charge in [-0.3, -0.25) is 4.79 Å². The van der Waals surface area contributed by atoms with Crippen LogP contribution in [0.15, 0.2) is 40.2 Å². The fraction of sp³-hybridized carbons (Fsp3) is 0.154. The van der Waals surface area contributed by atoms with E-state index < -0.39 is 0 Å². The molecule has 0 amide bonds. The minimum absolute atomic E-state index is 0.0821. The number of hydrogen-bond donors (Lipinski definition) is 1. The van der Waals surface area contributed by atoms with Crippen LogP contribution in [0.1, 0.15) is 20.8 Å². The van der Waals surface area contributed by atoms with Crippen LogP contribution < -0.4 is 5.32 Å². The van der Waals surface area contributed by atoms with Crippen LogP contribution in [0.25, 0.3) is 0 Å². The van der Waals surface area contributed by atoms with Gasteiger partial charge in [0.1, 0.15) is 0 Å². The van der Waals surface area contributed by atoms with E-state index in [0.717, 1.165) is 26.3 Å². The molecular formula is C13H12BrNOS. The fourth-order valence-corrected chi connectivity index (χ4v) is 2.95. The van der Waals surface area contributed by atoms with E-state index in [2.05, 4.69) is 21.2 Å². The topological polar surface area (TPSA) is 29.1 Å². The van der Waals surface area contributed by atoms with Crippen molar-refractivity contribution in [2.75, 3.05) is 7.05 Å². The molecule has 2 nitrogen and oxygen atoms in total. The first-order valence-electron chi connectivity index (χ1n) is 5.24. The molecule has 2 rings (SSSR count). The van der Waals surface area contributed by atoms with Gasteiger partial charge in [-0.2, -0.15) is 0 Å². The third kappa shape index (κ3) is 3.03. The van der Waals surface area contributed by atoms with Gasteiger partial charge in [0.15, 0.2) is 0 Å². The molecule has 88 valence electrons. The standard InChI is InChI=1S/C13H12BrNOS/c1-15-8-9-3-2-4-10(7-9)13(16)11-5-6-12(14)17-11/h2-7,15H,8H2,1H3. The molecule has 0 radical (unpaired) electrons. The lowest BCUT2D eigenvalue weighted by atomic mass is 10.1. The van der Waals surface area contributed by atoms with E-state index in [1.54, 1.807) is 0 Å². The van der Waals surface area contributed by atoms with Gasteiger partial charge in [0.2, 0.25) is 5.78 Å². The van der Waals surface area contributed by atoms with Crippen molar-refractivity contribution in [2.24, 2.45) is 0 Å². The highest BCUT2D eigenvalue weighted by Crippen LogP contribution is 2.24. The van der Waals surface area contributed by atoms with E-state index in [4.69, 9.17) is 0 Å². The molecule has 0 saturated carbocycles. The summed E-state index contributed by atoms with van der Waals surface area (Å²) < 4.78 is 0.979. The minimum atomic E-state index is 0.0821. The molecule has 0 atom stereocenters. The molecule has 0 spiro atoms. The highest BCUT2D eigenvalue weighted by Gasteiger charge is 2.11. The Labute approximate surface area is 113 Å². The summed E-state index contributed by atoms with van der Waals surface area (Å²) in [6.45, 7) is 0.773. The number of carbonyl (C=O) groups is 1. The van der Waals surface area contributed by atoms with Gasteiger partial charge in [-0.05, 0) is 46.7 Å². The summed E-state index contributed by atoms with van der Waals surface area (Å²) in [5.41, 5.74) is 1.86. The van der Waals surface area contributed by atoms with Gasteiger partial charge in [0.05, 0.1) is 8.66 Å². The Kier molecular flexibility index (Phi) is 4.10. The van der Waals surface area contributed by atoms with Gasteiger partial charge in [0, 0.05) is 12.1 Å². The summed E-state index contributed by atoms with van der Waals surface area (Å²) in [5.74, 6) is 0.0821. The summed E-state index contributed by atoms with van der Waals surface area (Å²) in [5, 5.41) is 3.08.